The van der Waals surface area contributed by atoms with Gasteiger partial charge in [0, 0.05) is 19.8 Å². The predicted octanol–water partition coefficient (Wildman–Crippen LogP) is 0.963. The van der Waals surface area contributed by atoms with E-state index < -0.39 is 21.3 Å². The van der Waals surface area contributed by atoms with Crippen molar-refractivity contribution in [2.45, 2.75) is 31.9 Å². The summed E-state index contributed by atoms with van der Waals surface area (Å²) in [6, 6.07) is 0. The first-order valence-corrected chi connectivity index (χ1v) is 6.77. The van der Waals surface area contributed by atoms with Gasteiger partial charge < -0.3 is 10.0 Å². The van der Waals surface area contributed by atoms with Crippen LogP contribution in [0.15, 0.2) is 11.3 Å². The molecule has 1 unspecified atom stereocenters. The molecular formula is C10H19NO5S. The molecule has 7 heteroatoms. The molecular weight excluding hydrogens is 246 g/mol. The molecule has 0 spiro atoms. The van der Waals surface area contributed by atoms with Gasteiger partial charge in [0.05, 0.1) is 5.57 Å². The van der Waals surface area contributed by atoms with Gasteiger partial charge in [-0.2, -0.15) is 8.42 Å². The Morgan fingerprint density at radius 3 is 1.94 bits per heavy atom. The molecule has 0 heterocycles. The van der Waals surface area contributed by atoms with Gasteiger partial charge in [0.2, 0.25) is 0 Å². The minimum atomic E-state index is -4.41. The molecule has 0 saturated carbocycles. The molecule has 0 aliphatic heterocycles. The summed E-state index contributed by atoms with van der Waals surface area (Å²) in [6.07, 6.45) is 0.387. The summed E-state index contributed by atoms with van der Waals surface area (Å²) in [5.74, 6) is -1.32. The summed E-state index contributed by atoms with van der Waals surface area (Å²) in [4.78, 5) is 12.7. The summed E-state index contributed by atoms with van der Waals surface area (Å²) < 4.78 is 31.5. The Morgan fingerprint density at radius 2 is 1.76 bits per heavy atom. The highest BCUT2D eigenvalue weighted by atomic mass is 32.2. The van der Waals surface area contributed by atoms with Crippen molar-refractivity contribution in [3.63, 3.8) is 0 Å². The molecule has 17 heavy (non-hydrogen) atoms. The largest absolute Gasteiger partial charge is 0.478 e. The van der Waals surface area contributed by atoms with E-state index in [-0.39, 0.29) is 12.0 Å². The maximum Gasteiger partial charge on any atom is 0.334 e. The first-order chi connectivity index (χ1) is 7.66. The van der Waals surface area contributed by atoms with E-state index in [4.69, 9.17) is 9.66 Å². The molecule has 0 radical (unpaired) electrons. The average Bonchev–Trinajstić information content (AvgIpc) is 2.14. The van der Waals surface area contributed by atoms with E-state index in [1.807, 2.05) is 0 Å². The number of hydrogen-bond donors (Lipinski definition) is 2. The van der Waals surface area contributed by atoms with Gasteiger partial charge in [0.15, 0.2) is 0 Å². The zero-order valence-electron chi connectivity index (χ0n) is 10.5. The van der Waals surface area contributed by atoms with E-state index in [1.165, 1.54) is 6.92 Å². The van der Waals surface area contributed by atoms with Gasteiger partial charge in [-0.05, 0) is 12.8 Å². The summed E-state index contributed by atoms with van der Waals surface area (Å²) in [7, 11) is -1.14. The molecule has 0 bridgehead atoms. The molecule has 0 fully saturated rings. The maximum absolute atomic E-state index is 11.2. The average molecular weight is 265 g/mol. The van der Waals surface area contributed by atoms with Crippen molar-refractivity contribution >= 4 is 16.1 Å². The molecule has 0 aliphatic rings. The van der Waals surface area contributed by atoms with Gasteiger partial charge in [0.1, 0.15) is 5.25 Å². The topological polar surface area (TPSA) is 94.9 Å². The molecule has 0 aromatic heterocycles. The SMILES string of the molecule is CC/C(=C(/C(=O)O)C(CC)S(=O)(=O)O)N(C)C. The van der Waals surface area contributed by atoms with E-state index in [0.29, 0.717) is 12.1 Å². The second kappa shape index (κ2) is 6.02. The van der Waals surface area contributed by atoms with Crippen molar-refractivity contribution in [2.24, 2.45) is 0 Å². The third-order valence-corrected chi connectivity index (χ3v) is 3.76. The Bertz CT molecular complexity index is 410. The molecule has 6 nitrogen and oxygen atoms in total. The van der Waals surface area contributed by atoms with E-state index in [9.17, 15) is 13.2 Å². The molecule has 2 N–H and O–H groups in total. The van der Waals surface area contributed by atoms with Crippen molar-refractivity contribution in [3.8, 4) is 0 Å². The number of carbonyl (C=O) groups is 1. The molecule has 1 atom stereocenters. The number of carboxylic acids is 1. The molecule has 100 valence electrons. The van der Waals surface area contributed by atoms with Crippen molar-refractivity contribution in [2.75, 3.05) is 14.1 Å². The Labute approximate surface area is 102 Å². The molecule has 0 rings (SSSR count). The zero-order chi connectivity index (χ0) is 13.8. The Balaban J connectivity index is 5.90. The highest BCUT2D eigenvalue weighted by Gasteiger charge is 2.32. The highest BCUT2D eigenvalue weighted by molar-refractivity contribution is 7.86. The number of nitrogens with zero attached hydrogens (tertiary/aromatic N) is 1. The van der Waals surface area contributed by atoms with Crippen LogP contribution < -0.4 is 0 Å². The Hall–Kier alpha value is -1.08. The first-order valence-electron chi connectivity index (χ1n) is 5.26. The highest BCUT2D eigenvalue weighted by Crippen LogP contribution is 2.22. The van der Waals surface area contributed by atoms with Crippen molar-refractivity contribution in [3.05, 3.63) is 11.3 Å². The number of allylic oxidation sites excluding steroid dienone is 1. The molecule has 0 amide bonds. The predicted molar refractivity (Wildman–Crippen MR) is 64.3 cm³/mol. The van der Waals surface area contributed by atoms with Crippen LogP contribution in [0.2, 0.25) is 0 Å². The third-order valence-electron chi connectivity index (χ3n) is 2.47. The van der Waals surface area contributed by atoms with Gasteiger partial charge in [-0.1, -0.05) is 13.8 Å². The van der Waals surface area contributed by atoms with Crippen LogP contribution in [0.4, 0.5) is 0 Å². The van der Waals surface area contributed by atoms with E-state index in [0.717, 1.165) is 0 Å². The summed E-state index contributed by atoms with van der Waals surface area (Å²) in [6.45, 7) is 3.25. The normalized spacial score (nSPS) is 15.1. The minimum Gasteiger partial charge on any atom is -0.478 e. The second-order valence-corrected chi connectivity index (χ2v) is 5.42. The van der Waals surface area contributed by atoms with Crippen LogP contribution in [-0.2, 0) is 14.9 Å². The van der Waals surface area contributed by atoms with Crippen LogP contribution in [-0.4, -0.2) is 48.3 Å². The van der Waals surface area contributed by atoms with Crippen LogP contribution in [0.25, 0.3) is 0 Å². The molecule has 0 aromatic carbocycles. The first kappa shape index (κ1) is 15.9. The lowest BCUT2D eigenvalue weighted by Crippen LogP contribution is -2.30. The van der Waals surface area contributed by atoms with Crippen LogP contribution >= 0.6 is 0 Å². The lowest BCUT2D eigenvalue weighted by Gasteiger charge is -2.22. The third kappa shape index (κ3) is 4.01. The van der Waals surface area contributed by atoms with E-state index in [2.05, 4.69) is 0 Å². The van der Waals surface area contributed by atoms with Crippen molar-refractivity contribution in [1.29, 1.82) is 0 Å². The maximum atomic E-state index is 11.2. The van der Waals surface area contributed by atoms with Crippen molar-refractivity contribution in [1.82, 2.24) is 4.90 Å². The fourth-order valence-electron chi connectivity index (χ4n) is 1.76. The Kier molecular flexibility index (Phi) is 5.63. The number of carboxylic acid groups (broad SMARTS) is 1. The fourth-order valence-corrected chi connectivity index (χ4v) is 2.71. The van der Waals surface area contributed by atoms with E-state index >= 15 is 0 Å². The van der Waals surface area contributed by atoms with E-state index in [1.54, 1.807) is 25.9 Å². The minimum absolute atomic E-state index is 0.0117. The molecule has 0 aromatic rings. The fraction of sp³-hybridized carbons (Fsp3) is 0.700. The molecule has 0 aliphatic carbocycles. The van der Waals surface area contributed by atoms with Crippen molar-refractivity contribution < 1.29 is 22.9 Å². The van der Waals surface area contributed by atoms with Gasteiger partial charge in [-0.25, -0.2) is 4.79 Å². The lowest BCUT2D eigenvalue weighted by atomic mass is 10.1. The summed E-state index contributed by atoms with van der Waals surface area (Å²) in [5.41, 5.74) is 0.129. The smallest absolute Gasteiger partial charge is 0.334 e. The number of rotatable bonds is 6. The molecule has 0 saturated heterocycles. The quantitative estimate of drug-likeness (QED) is 0.548. The summed E-state index contributed by atoms with van der Waals surface area (Å²) >= 11 is 0. The van der Waals surface area contributed by atoms with Gasteiger partial charge in [-0.3, -0.25) is 4.55 Å². The van der Waals surface area contributed by atoms with Crippen LogP contribution in [0, 0.1) is 0 Å². The number of aliphatic carboxylic acids is 1. The number of hydrogen-bond acceptors (Lipinski definition) is 4. The van der Waals surface area contributed by atoms with Crippen LogP contribution in [0.5, 0.6) is 0 Å². The van der Waals surface area contributed by atoms with Crippen LogP contribution in [0.1, 0.15) is 26.7 Å². The summed E-state index contributed by atoms with van der Waals surface area (Å²) in [5, 5.41) is 7.74. The van der Waals surface area contributed by atoms with Gasteiger partial charge in [0.25, 0.3) is 10.1 Å². The second-order valence-electron chi connectivity index (χ2n) is 3.83. The standard InChI is InChI=1S/C10H19NO5S/c1-5-7(11(3)4)9(10(12)13)8(6-2)17(14,15)16/h8H,5-6H2,1-4H3,(H,12,13)(H,14,15,16)/b9-7-. The van der Waals surface area contributed by atoms with Crippen LogP contribution in [0.3, 0.4) is 0 Å². The van der Waals surface area contributed by atoms with Gasteiger partial charge in [-0.15, -0.1) is 0 Å². The lowest BCUT2D eigenvalue weighted by molar-refractivity contribution is -0.133. The monoisotopic (exact) mass is 265 g/mol. The Morgan fingerprint density at radius 1 is 1.29 bits per heavy atom. The zero-order valence-corrected chi connectivity index (χ0v) is 11.3. The van der Waals surface area contributed by atoms with Gasteiger partial charge >= 0.3 is 5.97 Å².